The molecule has 1 amide bonds. The first-order valence-corrected chi connectivity index (χ1v) is 6.66. The monoisotopic (exact) mass is 338 g/mol. The van der Waals surface area contributed by atoms with Crippen LogP contribution in [0, 0.1) is 11.6 Å². The van der Waals surface area contributed by atoms with Gasteiger partial charge in [0.15, 0.2) is 11.6 Å². The first-order valence-electron chi connectivity index (χ1n) is 5.86. The zero-order chi connectivity index (χ0) is 14.3. The van der Waals surface area contributed by atoms with Gasteiger partial charge in [-0.3, -0.25) is 4.79 Å². The van der Waals surface area contributed by atoms with Crippen molar-refractivity contribution in [3.8, 4) is 0 Å². The summed E-state index contributed by atoms with van der Waals surface area (Å²) in [6.45, 7) is 0. The Kier molecular flexibility index (Phi) is 3.17. The molecule has 0 aliphatic carbocycles. The molecule has 0 radical (unpaired) electrons. The van der Waals surface area contributed by atoms with Crippen LogP contribution in [0.25, 0.3) is 0 Å². The summed E-state index contributed by atoms with van der Waals surface area (Å²) in [4.78, 5) is 11.9. The van der Waals surface area contributed by atoms with Crippen LogP contribution in [0.3, 0.4) is 0 Å². The van der Waals surface area contributed by atoms with E-state index in [-0.39, 0.29) is 5.91 Å². The molecule has 1 aliphatic heterocycles. The molecule has 2 N–H and O–H groups in total. The van der Waals surface area contributed by atoms with Crippen LogP contribution in [0.4, 0.5) is 20.2 Å². The van der Waals surface area contributed by atoms with Gasteiger partial charge >= 0.3 is 0 Å². The third-order valence-corrected chi connectivity index (χ3v) is 3.57. The Morgan fingerprint density at radius 2 is 1.90 bits per heavy atom. The number of rotatable bonds is 2. The maximum Gasteiger partial charge on any atom is 0.251 e. The third-order valence-electron chi connectivity index (χ3n) is 3.08. The van der Waals surface area contributed by atoms with E-state index in [0.29, 0.717) is 11.4 Å². The molecule has 102 valence electrons. The highest BCUT2D eigenvalue weighted by molar-refractivity contribution is 9.10. The van der Waals surface area contributed by atoms with Crippen molar-refractivity contribution in [2.24, 2.45) is 0 Å². The molecule has 6 heteroatoms. The van der Waals surface area contributed by atoms with Gasteiger partial charge < -0.3 is 10.6 Å². The standard InChI is InChI=1S/C14H9BrF2N2O/c15-7-1-3-9-12(5-7)19-14(20)13(9)18-8-2-4-10(16)11(17)6-8/h1-6,13,18H,(H,19,20). The fourth-order valence-corrected chi connectivity index (χ4v) is 2.49. The molecule has 20 heavy (non-hydrogen) atoms. The summed E-state index contributed by atoms with van der Waals surface area (Å²) in [6, 6.07) is 8.23. The van der Waals surface area contributed by atoms with Gasteiger partial charge in [-0.25, -0.2) is 8.78 Å². The summed E-state index contributed by atoms with van der Waals surface area (Å²) in [5, 5.41) is 5.64. The molecule has 0 fully saturated rings. The minimum atomic E-state index is -0.954. The summed E-state index contributed by atoms with van der Waals surface area (Å²) >= 11 is 3.33. The van der Waals surface area contributed by atoms with E-state index in [1.165, 1.54) is 6.07 Å². The van der Waals surface area contributed by atoms with Crippen LogP contribution in [-0.2, 0) is 4.79 Å². The molecule has 1 atom stereocenters. The molecule has 1 aliphatic rings. The first-order chi connectivity index (χ1) is 9.54. The van der Waals surface area contributed by atoms with Gasteiger partial charge in [-0.05, 0) is 24.3 Å². The van der Waals surface area contributed by atoms with Crippen molar-refractivity contribution in [1.82, 2.24) is 0 Å². The Hall–Kier alpha value is -1.95. The largest absolute Gasteiger partial charge is 0.370 e. The average molecular weight is 339 g/mol. The number of hydrogen-bond donors (Lipinski definition) is 2. The van der Waals surface area contributed by atoms with Crippen molar-refractivity contribution in [2.75, 3.05) is 10.6 Å². The SMILES string of the molecule is O=C1Nc2cc(Br)ccc2C1Nc1ccc(F)c(F)c1. The number of halogens is 3. The Morgan fingerprint density at radius 3 is 2.65 bits per heavy atom. The van der Waals surface area contributed by atoms with Crippen molar-refractivity contribution in [3.63, 3.8) is 0 Å². The van der Waals surface area contributed by atoms with Crippen LogP contribution in [0.15, 0.2) is 40.9 Å². The van der Waals surface area contributed by atoms with E-state index in [9.17, 15) is 13.6 Å². The van der Waals surface area contributed by atoms with E-state index in [1.807, 2.05) is 6.07 Å². The number of fused-ring (bicyclic) bond motifs is 1. The topological polar surface area (TPSA) is 41.1 Å². The molecule has 0 aromatic heterocycles. The Bertz CT molecular complexity index is 706. The Labute approximate surface area is 122 Å². The molecule has 0 saturated heterocycles. The molecular weight excluding hydrogens is 330 g/mol. The summed E-state index contributed by atoms with van der Waals surface area (Å²) in [5.74, 6) is -2.11. The molecule has 1 heterocycles. The minimum Gasteiger partial charge on any atom is -0.370 e. The number of nitrogens with one attached hydrogen (secondary N) is 2. The Balaban J connectivity index is 1.92. The summed E-state index contributed by atoms with van der Waals surface area (Å²) in [5.41, 5.74) is 1.81. The molecule has 0 bridgehead atoms. The molecule has 2 aromatic rings. The van der Waals surface area contributed by atoms with Gasteiger partial charge in [0.25, 0.3) is 5.91 Å². The highest BCUT2D eigenvalue weighted by atomic mass is 79.9. The van der Waals surface area contributed by atoms with E-state index >= 15 is 0 Å². The molecule has 1 unspecified atom stereocenters. The van der Waals surface area contributed by atoms with Crippen molar-refractivity contribution in [2.45, 2.75) is 6.04 Å². The van der Waals surface area contributed by atoms with Crippen molar-refractivity contribution < 1.29 is 13.6 Å². The number of benzene rings is 2. The molecular formula is C14H9BrF2N2O. The molecule has 2 aromatic carbocycles. The van der Waals surface area contributed by atoms with Crippen LogP contribution < -0.4 is 10.6 Å². The molecule has 3 rings (SSSR count). The lowest BCUT2D eigenvalue weighted by Gasteiger charge is -2.13. The normalized spacial score (nSPS) is 16.8. The predicted octanol–water partition coefficient (Wildman–Crippen LogP) is 3.83. The van der Waals surface area contributed by atoms with Crippen molar-refractivity contribution >= 4 is 33.2 Å². The highest BCUT2D eigenvalue weighted by Gasteiger charge is 2.30. The summed E-state index contributed by atoms with van der Waals surface area (Å²) < 4.78 is 26.9. The smallest absolute Gasteiger partial charge is 0.251 e. The zero-order valence-electron chi connectivity index (χ0n) is 10.1. The van der Waals surface area contributed by atoms with E-state index in [4.69, 9.17) is 0 Å². The second-order valence-corrected chi connectivity index (χ2v) is 5.34. The number of hydrogen-bond acceptors (Lipinski definition) is 2. The van der Waals surface area contributed by atoms with Crippen LogP contribution in [0.2, 0.25) is 0 Å². The van der Waals surface area contributed by atoms with E-state index in [1.54, 1.807) is 12.1 Å². The van der Waals surface area contributed by atoms with Crippen LogP contribution in [0.5, 0.6) is 0 Å². The van der Waals surface area contributed by atoms with Crippen molar-refractivity contribution in [3.05, 3.63) is 58.1 Å². The van der Waals surface area contributed by atoms with Gasteiger partial charge in [0, 0.05) is 27.5 Å². The van der Waals surface area contributed by atoms with Gasteiger partial charge in [0.1, 0.15) is 6.04 Å². The summed E-state index contributed by atoms with van der Waals surface area (Å²) in [6.07, 6.45) is 0. The van der Waals surface area contributed by atoms with Crippen molar-refractivity contribution in [1.29, 1.82) is 0 Å². The fraction of sp³-hybridized carbons (Fsp3) is 0.0714. The predicted molar refractivity (Wildman–Crippen MR) is 75.5 cm³/mol. The molecule has 0 spiro atoms. The maximum absolute atomic E-state index is 13.2. The maximum atomic E-state index is 13.2. The molecule has 0 saturated carbocycles. The quantitative estimate of drug-likeness (QED) is 0.873. The van der Waals surface area contributed by atoms with Gasteiger partial charge in [0.2, 0.25) is 0 Å². The Morgan fingerprint density at radius 1 is 1.10 bits per heavy atom. The van der Waals surface area contributed by atoms with E-state index in [2.05, 4.69) is 26.6 Å². The second kappa shape index (κ2) is 4.86. The van der Waals surface area contributed by atoms with E-state index in [0.717, 1.165) is 22.2 Å². The second-order valence-electron chi connectivity index (χ2n) is 4.43. The first kappa shape index (κ1) is 13.1. The lowest BCUT2D eigenvalue weighted by Crippen LogP contribution is -2.19. The number of amides is 1. The zero-order valence-corrected chi connectivity index (χ0v) is 11.7. The van der Waals surface area contributed by atoms with Gasteiger partial charge in [-0.1, -0.05) is 22.0 Å². The van der Waals surface area contributed by atoms with Gasteiger partial charge in [0.05, 0.1) is 0 Å². The number of carbonyl (C=O) groups excluding carboxylic acids is 1. The van der Waals surface area contributed by atoms with E-state index < -0.39 is 17.7 Å². The van der Waals surface area contributed by atoms with Gasteiger partial charge in [-0.15, -0.1) is 0 Å². The summed E-state index contributed by atoms with van der Waals surface area (Å²) in [7, 11) is 0. The minimum absolute atomic E-state index is 0.233. The van der Waals surface area contributed by atoms with Crippen LogP contribution >= 0.6 is 15.9 Å². The number of anilines is 2. The lowest BCUT2D eigenvalue weighted by atomic mass is 10.1. The number of carbonyl (C=O) groups is 1. The highest BCUT2D eigenvalue weighted by Crippen LogP contribution is 2.35. The third kappa shape index (κ3) is 2.27. The lowest BCUT2D eigenvalue weighted by molar-refractivity contribution is -0.116. The van der Waals surface area contributed by atoms with Crippen LogP contribution in [-0.4, -0.2) is 5.91 Å². The average Bonchev–Trinajstić information content (AvgIpc) is 2.69. The van der Waals surface area contributed by atoms with Crippen LogP contribution in [0.1, 0.15) is 11.6 Å². The fourth-order valence-electron chi connectivity index (χ4n) is 2.13. The molecule has 3 nitrogen and oxygen atoms in total. The van der Waals surface area contributed by atoms with Gasteiger partial charge in [-0.2, -0.15) is 0 Å².